The normalized spacial score (nSPS) is 20.2. The van der Waals surface area contributed by atoms with E-state index in [0.717, 1.165) is 35.2 Å². The molecule has 2 aromatic carbocycles. The monoisotopic (exact) mass is 346 g/mol. The molecule has 4 nitrogen and oxygen atoms in total. The average Bonchev–Trinajstić information content (AvgIpc) is 2.68. The third kappa shape index (κ3) is 3.15. The summed E-state index contributed by atoms with van der Waals surface area (Å²) in [5, 5.41) is 11.1. The first kappa shape index (κ1) is 16.6. The van der Waals surface area contributed by atoms with E-state index in [9.17, 15) is 9.90 Å². The number of piperidine rings is 1. The molecule has 0 bridgehead atoms. The third-order valence-corrected chi connectivity index (χ3v) is 5.32. The molecule has 1 aliphatic rings. The van der Waals surface area contributed by atoms with E-state index in [2.05, 4.69) is 11.0 Å². The van der Waals surface area contributed by atoms with Crippen molar-refractivity contribution in [3.8, 4) is 0 Å². The molecule has 0 amide bonds. The Bertz CT molecular complexity index is 926. The maximum atomic E-state index is 12.2. The van der Waals surface area contributed by atoms with E-state index in [-0.39, 0.29) is 0 Å². The molecule has 0 saturated carbocycles. The molecule has 1 saturated heterocycles. The van der Waals surface area contributed by atoms with Crippen molar-refractivity contribution in [1.29, 1.82) is 0 Å². The summed E-state index contributed by atoms with van der Waals surface area (Å²) in [6.07, 6.45) is 2.10. The number of carboxylic acids is 1. The predicted molar refractivity (Wildman–Crippen MR) is 103 cm³/mol. The van der Waals surface area contributed by atoms with Gasteiger partial charge in [-0.25, -0.2) is 4.98 Å². The van der Waals surface area contributed by atoms with E-state index in [1.807, 2.05) is 60.7 Å². The summed E-state index contributed by atoms with van der Waals surface area (Å²) in [6, 6.07) is 22.0. The van der Waals surface area contributed by atoms with Gasteiger partial charge >= 0.3 is 5.97 Å². The standard InChI is InChI=1S/C22H22N2O2/c25-21(26)22(15-17-7-2-1-3-8-17)13-6-14-24(16-22)20-12-11-18-9-4-5-10-19(18)23-20/h1-5,7-12H,6,13-16H2,(H,25,26)/t22-/m0/s1. The average molecular weight is 346 g/mol. The van der Waals surface area contributed by atoms with Gasteiger partial charge in [-0.3, -0.25) is 4.79 Å². The van der Waals surface area contributed by atoms with Crippen molar-refractivity contribution in [1.82, 2.24) is 4.98 Å². The number of carboxylic acid groups (broad SMARTS) is 1. The fourth-order valence-corrected chi connectivity index (χ4v) is 3.94. The van der Waals surface area contributed by atoms with E-state index in [1.54, 1.807) is 0 Å². The Morgan fingerprint density at radius 2 is 1.81 bits per heavy atom. The quantitative estimate of drug-likeness (QED) is 0.771. The Morgan fingerprint density at radius 1 is 1.04 bits per heavy atom. The van der Waals surface area contributed by atoms with Gasteiger partial charge in [-0.05, 0) is 43.0 Å². The van der Waals surface area contributed by atoms with Crippen LogP contribution in [0.2, 0.25) is 0 Å². The van der Waals surface area contributed by atoms with Gasteiger partial charge in [0.1, 0.15) is 5.82 Å². The molecule has 1 N–H and O–H groups in total. The van der Waals surface area contributed by atoms with Crippen LogP contribution in [-0.4, -0.2) is 29.1 Å². The second kappa shape index (κ2) is 6.79. The van der Waals surface area contributed by atoms with Gasteiger partial charge in [-0.15, -0.1) is 0 Å². The molecule has 2 heterocycles. The SMILES string of the molecule is O=C(O)[C@]1(Cc2ccccc2)CCCN(c2ccc3ccccc3n2)C1. The lowest BCUT2D eigenvalue weighted by atomic mass is 9.75. The Balaban J connectivity index is 1.64. The molecular weight excluding hydrogens is 324 g/mol. The minimum atomic E-state index is -0.771. The van der Waals surface area contributed by atoms with Crippen molar-refractivity contribution in [2.45, 2.75) is 19.3 Å². The lowest BCUT2D eigenvalue weighted by Gasteiger charge is -2.40. The first-order valence-electron chi connectivity index (χ1n) is 9.04. The van der Waals surface area contributed by atoms with E-state index in [0.29, 0.717) is 19.4 Å². The summed E-state index contributed by atoms with van der Waals surface area (Å²) >= 11 is 0. The second-order valence-corrected chi connectivity index (χ2v) is 7.14. The molecule has 0 unspecified atom stereocenters. The molecule has 0 aliphatic carbocycles. The van der Waals surface area contributed by atoms with Crippen LogP contribution >= 0.6 is 0 Å². The largest absolute Gasteiger partial charge is 0.481 e. The molecule has 0 radical (unpaired) electrons. The number of rotatable bonds is 4. The third-order valence-electron chi connectivity index (χ3n) is 5.32. The number of aromatic nitrogens is 1. The zero-order chi connectivity index (χ0) is 18.0. The second-order valence-electron chi connectivity index (χ2n) is 7.14. The van der Waals surface area contributed by atoms with Gasteiger partial charge < -0.3 is 10.0 Å². The number of nitrogens with zero attached hydrogens (tertiary/aromatic N) is 2. The summed E-state index contributed by atoms with van der Waals surface area (Å²) < 4.78 is 0. The molecule has 1 atom stereocenters. The number of aliphatic carboxylic acids is 1. The van der Waals surface area contributed by atoms with Crippen LogP contribution in [0.25, 0.3) is 10.9 Å². The highest BCUT2D eigenvalue weighted by molar-refractivity contribution is 5.81. The fourth-order valence-electron chi connectivity index (χ4n) is 3.94. The maximum absolute atomic E-state index is 12.2. The van der Waals surface area contributed by atoms with Crippen LogP contribution in [0.1, 0.15) is 18.4 Å². The lowest BCUT2D eigenvalue weighted by molar-refractivity contribution is -0.149. The maximum Gasteiger partial charge on any atom is 0.311 e. The van der Waals surface area contributed by atoms with Gasteiger partial charge in [0.05, 0.1) is 10.9 Å². The Morgan fingerprint density at radius 3 is 2.62 bits per heavy atom. The minimum absolute atomic E-state index is 0.489. The number of fused-ring (bicyclic) bond motifs is 1. The van der Waals surface area contributed by atoms with Gasteiger partial charge in [0.15, 0.2) is 0 Å². The number of hydrogen-bond donors (Lipinski definition) is 1. The first-order chi connectivity index (χ1) is 12.7. The molecule has 132 valence electrons. The van der Waals surface area contributed by atoms with Crippen LogP contribution in [0.4, 0.5) is 5.82 Å². The van der Waals surface area contributed by atoms with Crippen molar-refractivity contribution < 1.29 is 9.90 Å². The highest BCUT2D eigenvalue weighted by Gasteiger charge is 2.42. The molecule has 4 heteroatoms. The summed E-state index contributed by atoms with van der Waals surface area (Å²) in [4.78, 5) is 19.1. The molecule has 1 fully saturated rings. The van der Waals surface area contributed by atoms with Gasteiger partial charge in [0, 0.05) is 18.5 Å². The van der Waals surface area contributed by atoms with E-state index >= 15 is 0 Å². The van der Waals surface area contributed by atoms with Crippen LogP contribution in [0.3, 0.4) is 0 Å². The number of anilines is 1. The van der Waals surface area contributed by atoms with E-state index in [4.69, 9.17) is 4.98 Å². The number of pyridine rings is 1. The number of para-hydroxylation sites is 1. The number of hydrogen-bond acceptors (Lipinski definition) is 3. The Kier molecular flexibility index (Phi) is 4.33. The van der Waals surface area contributed by atoms with Crippen molar-refractivity contribution in [3.63, 3.8) is 0 Å². The van der Waals surface area contributed by atoms with E-state index in [1.165, 1.54) is 0 Å². The van der Waals surface area contributed by atoms with Crippen LogP contribution in [0.5, 0.6) is 0 Å². The van der Waals surface area contributed by atoms with Gasteiger partial charge in [0.25, 0.3) is 0 Å². The number of carbonyl (C=O) groups is 1. The van der Waals surface area contributed by atoms with Gasteiger partial charge in [0.2, 0.25) is 0 Å². The summed E-state index contributed by atoms with van der Waals surface area (Å²) in [6.45, 7) is 1.33. The van der Waals surface area contributed by atoms with Crippen molar-refractivity contribution in [2.24, 2.45) is 5.41 Å². The molecule has 1 aromatic heterocycles. The summed E-state index contributed by atoms with van der Waals surface area (Å²) in [7, 11) is 0. The molecular formula is C22H22N2O2. The molecule has 1 aliphatic heterocycles. The zero-order valence-corrected chi connectivity index (χ0v) is 14.6. The molecule has 3 aromatic rings. The van der Waals surface area contributed by atoms with E-state index < -0.39 is 11.4 Å². The Labute approximate surface area is 153 Å². The van der Waals surface area contributed by atoms with Crippen molar-refractivity contribution >= 4 is 22.7 Å². The van der Waals surface area contributed by atoms with Crippen molar-refractivity contribution in [3.05, 3.63) is 72.3 Å². The molecule has 4 rings (SSSR count). The highest BCUT2D eigenvalue weighted by atomic mass is 16.4. The van der Waals surface area contributed by atoms with Crippen molar-refractivity contribution in [2.75, 3.05) is 18.0 Å². The Hall–Kier alpha value is -2.88. The smallest absolute Gasteiger partial charge is 0.311 e. The predicted octanol–water partition coefficient (Wildman–Crippen LogP) is 4.15. The topological polar surface area (TPSA) is 53.4 Å². The fraction of sp³-hybridized carbons (Fsp3) is 0.273. The lowest BCUT2D eigenvalue weighted by Crippen LogP contribution is -2.49. The summed E-state index contributed by atoms with van der Waals surface area (Å²) in [5.74, 6) is 0.147. The highest BCUT2D eigenvalue weighted by Crippen LogP contribution is 2.36. The molecule has 26 heavy (non-hydrogen) atoms. The van der Waals surface area contributed by atoms with Crippen LogP contribution in [0.15, 0.2) is 66.7 Å². The minimum Gasteiger partial charge on any atom is -0.481 e. The zero-order valence-electron chi connectivity index (χ0n) is 14.6. The van der Waals surface area contributed by atoms with Gasteiger partial charge in [-0.2, -0.15) is 0 Å². The number of benzene rings is 2. The van der Waals surface area contributed by atoms with Crippen LogP contribution in [-0.2, 0) is 11.2 Å². The first-order valence-corrected chi connectivity index (χ1v) is 9.04. The van der Waals surface area contributed by atoms with Crippen LogP contribution < -0.4 is 4.90 Å². The summed E-state index contributed by atoms with van der Waals surface area (Å²) in [5.41, 5.74) is 1.25. The van der Waals surface area contributed by atoms with Crippen LogP contribution in [0, 0.1) is 5.41 Å². The van der Waals surface area contributed by atoms with Gasteiger partial charge in [-0.1, -0.05) is 48.5 Å². The molecule has 0 spiro atoms.